The molecule has 0 aromatic heterocycles. The zero-order chi connectivity index (χ0) is 11.2. The van der Waals surface area contributed by atoms with E-state index >= 15 is 0 Å². The molecule has 0 aromatic carbocycles. The maximum Gasteiger partial charge on any atom is 0.0593 e. The minimum Gasteiger partial charge on any atom is -0.380 e. The Labute approximate surface area is 99.5 Å². The third kappa shape index (κ3) is 4.04. The quantitative estimate of drug-likeness (QED) is 0.637. The highest BCUT2D eigenvalue weighted by Crippen LogP contribution is 2.21. The number of hydrogen-bond donors (Lipinski definition) is 1. The van der Waals surface area contributed by atoms with Crippen molar-refractivity contribution in [2.45, 2.75) is 51.1 Å². The maximum absolute atomic E-state index is 5.57. The summed E-state index contributed by atoms with van der Waals surface area (Å²) in [4.78, 5) is 2.60. The highest BCUT2D eigenvalue weighted by molar-refractivity contribution is 4.86. The topological polar surface area (TPSA) is 24.5 Å². The van der Waals surface area contributed by atoms with Crippen molar-refractivity contribution in [3.05, 3.63) is 0 Å². The van der Waals surface area contributed by atoms with E-state index in [2.05, 4.69) is 17.1 Å². The van der Waals surface area contributed by atoms with Crippen molar-refractivity contribution in [2.75, 3.05) is 32.8 Å². The minimum absolute atomic E-state index is 0.769. The lowest BCUT2D eigenvalue weighted by Crippen LogP contribution is -2.40. The van der Waals surface area contributed by atoms with Gasteiger partial charge in [-0.1, -0.05) is 6.92 Å². The predicted octanol–water partition coefficient (Wildman–Crippen LogP) is 1.63. The molecule has 1 unspecified atom stereocenters. The summed E-state index contributed by atoms with van der Waals surface area (Å²) in [5, 5.41) is 3.65. The fourth-order valence-electron chi connectivity index (χ4n) is 2.44. The van der Waals surface area contributed by atoms with Gasteiger partial charge in [0.05, 0.1) is 6.61 Å². The van der Waals surface area contributed by atoms with E-state index in [1.165, 1.54) is 38.8 Å². The number of rotatable bonds is 8. The summed E-state index contributed by atoms with van der Waals surface area (Å²) < 4.78 is 5.57. The van der Waals surface area contributed by atoms with Crippen molar-refractivity contribution >= 4 is 0 Å². The van der Waals surface area contributed by atoms with Crippen LogP contribution in [0.15, 0.2) is 0 Å². The molecule has 0 amide bonds. The van der Waals surface area contributed by atoms with Gasteiger partial charge in [0, 0.05) is 31.8 Å². The van der Waals surface area contributed by atoms with Gasteiger partial charge in [0.1, 0.15) is 0 Å². The van der Waals surface area contributed by atoms with Gasteiger partial charge in [-0.2, -0.15) is 0 Å². The van der Waals surface area contributed by atoms with Crippen molar-refractivity contribution in [3.8, 4) is 0 Å². The van der Waals surface area contributed by atoms with E-state index < -0.39 is 0 Å². The standard InChI is InChI=1S/C13H26N2O/c1-2-9-16-10-8-15-7-3-4-13(15)11-14-12-5-6-12/h12-14H,2-11H2,1H3. The first kappa shape index (κ1) is 12.3. The SMILES string of the molecule is CCCOCCN1CCCC1CNC1CC1. The third-order valence-corrected chi connectivity index (χ3v) is 3.59. The summed E-state index contributed by atoms with van der Waals surface area (Å²) in [5.74, 6) is 0. The van der Waals surface area contributed by atoms with Crippen LogP contribution in [0.4, 0.5) is 0 Å². The van der Waals surface area contributed by atoms with Gasteiger partial charge in [0.15, 0.2) is 0 Å². The Morgan fingerprint density at radius 1 is 1.25 bits per heavy atom. The van der Waals surface area contributed by atoms with E-state index in [0.29, 0.717) is 0 Å². The molecule has 94 valence electrons. The number of ether oxygens (including phenoxy) is 1. The number of nitrogens with one attached hydrogen (secondary N) is 1. The molecule has 0 aromatic rings. The van der Waals surface area contributed by atoms with Gasteiger partial charge in [-0.15, -0.1) is 0 Å². The van der Waals surface area contributed by atoms with Gasteiger partial charge >= 0.3 is 0 Å². The molecule has 1 saturated heterocycles. The van der Waals surface area contributed by atoms with E-state index in [0.717, 1.165) is 38.3 Å². The van der Waals surface area contributed by atoms with Crippen molar-refractivity contribution in [2.24, 2.45) is 0 Å². The normalized spacial score (nSPS) is 26.4. The number of likely N-dealkylation sites (tertiary alicyclic amines) is 1. The van der Waals surface area contributed by atoms with E-state index in [4.69, 9.17) is 4.74 Å². The lowest BCUT2D eigenvalue weighted by Gasteiger charge is -2.24. The van der Waals surface area contributed by atoms with E-state index in [-0.39, 0.29) is 0 Å². The number of hydrogen-bond acceptors (Lipinski definition) is 3. The van der Waals surface area contributed by atoms with Gasteiger partial charge in [-0.3, -0.25) is 4.90 Å². The van der Waals surface area contributed by atoms with Crippen molar-refractivity contribution < 1.29 is 4.74 Å². The molecule has 16 heavy (non-hydrogen) atoms. The van der Waals surface area contributed by atoms with Crippen LogP contribution >= 0.6 is 0 Å². The molecule has 1 heterocycles. The molecule has 1 aliphatic heterocycles. The van der Waals surface area contributed by atoms with Crippen LogP contribution in [0.2, 0.25) is 0 Å². The molecule has 0 radical (unpaired) electrons. The molecule has 2 fully saturated rings. The van der Waals surface area contributed by atoms with Crippen LogP contribution in [0.25, 0.3) is 0 Å². The van der Waals surface area contributed by atoms with Crippen LogP contribution in [0.1, 0.15) is 39.0 Å². The van der Waals surface area contributed by atoms with Gasteiger partial charge < -0.3 is 10.1 Å². The van der Waals surface area contributed by atoms with Crippen LogP contribution in [-0.2, 0) is 4.74 Å². The molecule has 1 N–H and O–H groups in total. The molecule has 1 atom stereocenters. The van der Waals surface area contributed by atoms with Gasteiger partial charge in [0.25, 0.3) is 0 Å². The Bertz CT molecular complexity index is 194. The Morgan fingerprint density at radius 3 is 2.88 bits per heavy atom. The summed E-state index contributed by atoms with van der Waals surface area (Å²) in [6.07, 6.45) is 6.66. The lowest BCUT2D eigenvalue weighted by molar-refractivity contribution is 0.0995. The van der Waals surface area contributed by atoms with E-state index in [9.17, 15) is 0 Å². The minimum atomic E-state index is 0.769. The second kappa shape index (κ2) is 6.58. The lowest BCUT2D eigenvalue weighted by atomic mass is 10.2. The second-order valence-electron chi connectivity index (χ2n) is 5.13. The summed E-state index contributed by atoms with van der Waals surface area (Å²) >= 11 is 0. The molecule has 1 saturated carbocycles. The predicted molar refractivity (Wildman–Crippen MR) is 66.7 cm³/mol. The third-order valence-electron chi connectivity index (χ3n) is 3.59. The van der Waals surface area contributed by atoms with Crippen LogP contribution in [0.5, 0.6) is 0 Å². The molecular weight excluding hydrogens is 200 g/mol. The summed E-state index contributed by atoms with van der Waals surface area (Å²) in [6.45, 7) is 7.58. The van der Waals surface area contributed by atoms with Crippen LogP contribution < -0.4 is 5.32 Å². The Morgan fingerprint density at radius 2 is 2.12 bits per heavy atom. The van der Waals surface area contributed by atoms with Crippen LogP contribution in [0, 0.1) is 0 Å². The highest BCUT2D eigenvalue weighted by atomic mass is 16.5. The molecule has 3 heteroatoms. The smallest absolute Gasteiger partial charge is 0.0593 e. The van der Waals surface area contributed by atoms with Crippen molar-refractivity contribution in [1.29, 1.82) is 0 Å². The van der Waals surface area contributed by atoms with Crippen molar-refractivity contribution in [1.82, 2.24) is 10.2 Å². The Balaban J connectivity index is 1.58. The molecule has 1 aliphatic carbocycles. The fourth-order valence-corrected chi connectivity index (χ4v) is 2.44. The molecule has 0 spiro atoms. The van der Waals surface area contributed by atoms with Gasteiger partial charge in [-0.05, 0) is 38.6 Å². The maximum atomic E-state index is 5.57. The van der Waals surface area contributed by atoms with E-state index in [1.807, 2.05) is 0 Å². The highest BCUT2D eigenvalue weighted by Gasteiger charge is 2.27. The first-order valence-corrected chi connectivity index (χ1v) is 6.95. The van der Waals surface area contributed by atoms with Gasteiger partial charge in [0.2, 0.25) is 0 Å². The zero-order valence-corrected chi connectivity index (χ0v) is 10.6. The monoisotopic (exact) mass is 226 g/mol. The Hall–Kier alpha value is -0.120. The van der Waals surface area contributed by atoms with E-state index in [1.54, 1.807) is 0 Å². The zero-order valence-electron chi connectivity index (χ0n) is 10.6. The fraction of sp³-hybridized carbons (Fsp3) is 1.00. The summed E-state index contributed by atoms with van der Waals surface area (Å²) in [6, 6.07) is 1.62. The first-order valence-electron chi connectivity index (χ1n) is 6.95. The molecule has 2 aliphatic rings. The van der Waals surface area contributed by atoms with Crippen LogP contribution in [0.3, 0.4) is 0 Å². The average Bonchev–Trinajstić information content (AvgIpc) is 3.02. The molecule has 0 bridgehead atoms. The van der Waals surface area contributed by atoms with Crippen LogP contribution in [-0.4, -0.2) is 49.8 Å². The van der Waals surface area contributed by atoms with Gasteiger partial charge in [-0.25, -0.2) is 0 Å². The Kier molecular flexibility index (Phi) is 5.07. The number of nitrogens with zero attached hydrogens (tertiary/aromatic N) is 1. The first-order chi connectivity index (χ1) is 7.90. The molecular formula is C13H26N2O. The molecule has 3 nitrogen and oxygen atoms in total. The van der Waals surface area contributed by atoms with Crippen molar-refractivity contribution in [3.63, 3.8) is 0 Å². The average molecular weight is 226 g/mol. The largest absolute Gasteiger partial charge is 0.380 e. The second-order valence-corrected chi connectivity index (χ2v) is 5.13. The summed E-state index contributed by atoms with van der Waals surface area (Å²) in [5.41, 5.74) is 0. The molecule has 2 rings (SSSR count). The summed E-state index contributed by atoms with van der Waals surface area (Å²) in [7, 11) is 0.